The summed E-state index contributed by atoms with van der Waals surface area (Å²) in [4.78, 5) is 23.0. The van der Waals surface area contributed by atoms with Crippen molar-refractivity contribution in [2.24, 2.45) is 5.92 Å². The van der Waals surface area contributed by atoms with Gasteiger partial charge in [0.1, 0.15) is 11.5 Å². The standard InChI is InChI=1S/C15H24N4O2/c1-4-16-14-10-17-13(9-18-14)15(20)19(7-8-21-3)11(2)12-5-6-12/h9-12H,4-8H2,1-3H3,(H,16,18). The van der Waals surface area contributed by atoms with E-state index in [4.69, 9.17) is 4.74 Å². The first-order valence-electron chi connectivity index (χ1n) is 7.53. The minimum atomic E-state index is -0.0676. The van der Waals surface area contributed by atoms with Crippen LogP contribution in [0.4, 0.5) is 5.82 Å². The highest BCUT2D eigenvalue weighted by molar-refractivity contribution is 5.92. The molecular weight excluding hydrogens is 268 g/mol. The topological polar surface area (TPSA) is 67.4 Å². The average Bonchev–Trinajstić information content (AvgIpc) is 3.33. The van der Waals surface area contributed by atoms with Gasteiger partial charge in [-0.1, -0.05) is 0 Å². The predicted molar refractivity (Wildman–Crippen MR) is 81.3 cm³/mol. The Hall–Kier alpha value is -1.69. The molecule has 0 spiro atoms. The van der Waals surface area contributed by atoms with E-state index in [1.165, 1.54) is 12.8 Å². The summed E-state index contributed by atoms with van der Waals surface area (Å²) in [6.45, 7) is 5.99. The van der Waals surface area contributed by atoms with Gasteiger partial charge in [-0.2, -0.15) is 0 Å². The molecule has 0 radical (unpaired) electrons. The van der Waals surface area contributed by atoms with Crippen molar-refractivity contribution in [1.29, 1.82) is 0 Å². The van der Waals surface area contributed by atoms with Crippen LogP contribution in [0.3, 0.4) is 0 Å². The molecule has 1 unspecified atom stereocenters. The second kappa shape index (κ2) is 7.36. The SMILES string of the molecule is CCNc1cnc(C(=O)N(CCOC)C(C)C2CC2)cn1. The van der Waals surface area contributed by atoms with Crippen LogP contribution >= 0.6 is 0 Å². The lowest BCUT2D eigenvalue weighted by molar-refractivity contribution is 0.0588. The number of hydrogen-bond acceptors (Lipinski definition) is 5. The van der Waals surface area contributed by atoms with E-state index < -0.39 is 0 Å². The van der Waals surface area contributed by atoms with E-state index in [1.807, 2.05) is 11.8 Å². The Morgan fingerprint density at radius 3 is 2.76 bits per heavy atom. The number of nitrogens with zero attached hydrogens (tertiary/aromatic N) is 3. The molecular formula is C15H24N4O2. The Morgan fingerprint density at radius 1 is 1.48 bits per heavy atom. The van der Waals surface area contributed by atoms with Crippen molar-refractivity contribution in [3.63, 3.8) is 0 Å². The first-order valence-corrected chi connectivity index (χ1v) is 7.53. The number of ether oxygens (including phenoxy) is 1. The Labute approximate surface area is 125 Å². The third-order valence-electron chi connectivity index (χ3n) is 3.82. The molecule has 1 atom stereocenters. The molecule has 116 valence electrons. The molecule has 1 aliphatic rings. The van der Waals surface area contributed by atoms with Crippen LogP contribution in [0.1, 0.15) is 37.2 Å². The summed E-state index contributed by atoms with van der Waals surface area (Å²) in [5.74, 6) is 1.23. The van der Waals surface area contributed by atoms with E-state index in [9.17, 15) is 4.79 Å². The second-order valence-electron chi connectivity index (χ2n) is 5.39. The molecule has 1 N–H and O–H groups in total. The summed E-state index contributed by atoms with van der Waals surface area (Å²) >= 11 is 0. The molecule has 21 heavy (non-hydrogen) atoms. The lowest BCUT2D eigenvalue weighted by Gasteiger charge is -2.28. The number of amides is 1. The number of hydrogen-bond donors (Lipinski definition) is 1. The normalized spacial score (nSPS) is 15.6. The number of anilines is 1. The Morgan fingerprint density at radius 2 is 2.24 bits per heavy atom. The van der Waals surface area contributed by atoms with Crippen molar-refractivity contribution < 1.29 is 9.53 Å². The second-order valence-corrected chi connectivity index (χ2v) is 5.39. The molecule has 1 aliphatic carbocycles. The molecule has 6 nitrogen and oxygen atoms in total. The Kier molecular flexibility index (Phi) is 5.50. The third kappa shape index (κ3) is 4.14. The molecule has 0 saturated heterocycles. The molecule has 1 aromatic rings. The summed E-state index contributed by atoms with van der Waals surface area (Å²) < 4.78 is 5.12. The van der Waals surface area contributed by atoms with E-state index in [-0.39, 0.29) is 11.9 Å². The molecule has 1 saturated carbocycles. The zero-order valence-corrected chi connectivity index (χ0v) is 13.0. The van der Waals surface area contributed by atoms with E-state index in [2.05, 4.69) is 22.2 Å². The first-order chi connectivity index (χ1) is 10.2. The summed E-state index contributed by atoms with van der Waals surface area (Å²) in [5, 5.41) is 3.07. The Bertz CT molecular complexity index is 459. The number of carbonyl (C=O) groups excluding carboxylic acids is 1. The van der Waals surface area contributed by atoms with Crippen LogP contribution in [0.5, 0.6) is 0 Å². The van der Waals surface area contributed by atoms with Crippen molar-refractivity contribution in [2.45, 2.75) is 32.7 Å². The molecule has 1 fully saturated rings. The molecule has 0 aliphatic heterocycles. The summed E-state index contributed by atoms with van der Waals surface area (Å²) in [6, 6.07) is 0.225. The van der Waals surface area contributed by atoms with Crippen LogP contribution < -0.4 is 5.32 Å². The van der Waals surface area contributed by atoms with Gasteiger partial charge in [0.25, 0.3) is 5.91 Å². The van der Waals surface area contributed by atoms with Crippen molar-refractivity contribution >= 4 is 11.7 Å². The van der Waals surface area contributed by atoms with E-state index in [1.54, 1.807) is 19.5 Å². The van der Waals surface area contributed by atoms with Gasteiger partial charge in [-0.15, -0.1) is 0 Å². The number of carbonyl (C=O) groups is 1. The summed E-state index contributed by atoms with van der Waals surface area (Å²) in [7, 11) is 1.65. The van der Waals surface area contributed by atoms with Gasteiger partial charge in [0.15, 0.2) is 0 Å². The molecule has 2 rings (SSSR count). The van der Waals surface area contributed by atoms with Crippen molar-refractivity contribution in [2.75, 3.05) is 32.1 Å². The molecule has 0 aromatic carbocycles. The zero-order chi connectivity index (χ0) is 15.2. The van der Waals surface area contributed by atoms with Crippen LogP contribution in [0.2, 0.25) is 0 Å². The number of aromatic nitrogens is 2. The van der Waals surface area contributed by atoms with Gasteiger partial charge in [-0.25, -0.2) is 9.97 Å². The van der Waals surface area contributed by atoms with Crippen LogP contribution in [-0.4, -0.2) is 53.6 Å². The predicted octanol–water partition coefficient (Wildman–Crippen LogP) is 1.80. The van der Waals surface area contributed by atoms with Gasteiger partial charge < -0.3 is 15.0 Å². The van der Waals surface area contributed by atoms with Crippen LogP contribution in [0.25, 0.3) is 0 Å². The number of nitrogens with one attached hydrogen (secondary N) is 1. The van der Waals surface area contributed by atoms with Crippen molar-refractivity contribution in [3.8, 4) is 0 Å². The van der Waals surface area contributed by atoms with Crippen molar-refractivity contribution in [1.82, 2.24) is 14.9 Å². The lowest BCUT2D eigenvalue weighted by atomic mass is 10.1. The quantitative estimate of drug-likeness (QED) is 0.791. The fourth-order valence-electron chi connectivity index (χ4n) is 2.37. The number of rotatable bonds is 8. The minimum absolute atomic E-state index is 0.0676. The van der Waals surface area contributed by atoms with Gasteiger partial charge in [0, 0.05) is 26.2 Å². The van der Waals surface area contributed by atoms with Gasteiger partial charge in [0.2, 0.25) is 0 Å². The van der Waals surface area contributed by atoms with Crippen LogP contribution in [0.15, 0.2) is 12.4 Å². The highest BCUT2D eigenvalue weighted by Gasteiger charge is 2.34. The van der Waals surface area contributed by atoms with E-state index in [0.717, 1.165) is 6.54 Å². The molecule has 0 bridgehead atoms. The maximum absolute atomic E-state index is 12.6. The number of methoxy groups -OCH3 is 1. The smallest absolute Gasteiger partial charge is 0.274 e. The monoisotopic (exact) mass is 292 g/mol. The van der Waals surface area contributed by atoms with Gasteiger partial charge in [-0.3, -0.25) is 4.79 Å². The minimum Gasteiger partial charge on any atom is -0.383 e. The fourth-order valence-corrected chi connectivity index (χ4v) is 2.37. The fraction of sp³-hybridized carbons (Fsp3) is 0.667. The molecule has 1 amide bonds. The Balaban J connectivity index is 2.08. The van der Waals surface area contributed by atoms with Crippen molar-refractivity contribution in [3.05, 3.63) is 18.1 Å². The maximum atomic E-state index is 12.6. The van der Waals surface area contributed by atoms with E-state index >= 15 is 0 Å². The maximum Gasteiger partial charge on any atom is 0.274 e. The third-order valence-corrected chi connectivity index (χ3v) is 3.82. The first kappa shape index (κ1) is 15.7. The van der Waals surface area contributed by atoms with Gasteiger partial charge in [0.05, 0.1) is 19.0 Å². The summed E-state index contributed by atoms with van der Waals surface area (Å²) in [5.41, 5.74) is 0.389. The highest BCUT2D eigenvalue weighted by Crippen LogP contribution is 2.35. The largest absolute Gasteiger partial charge is 0.383 e. The van der Waals surface area contributed by atoms with E-state index in [0.29, 0.717) is 30.6 Å². The summed E-state index contributed by atoms with van der Waals surface area (Å²) in [6.07, 6.45) is 5.54. The lowest BCUT2D eigenvalue weighted by Crippen LogP contribution is -2.42. The molecule has 6 heteroatoms. The van der Waals surface area contributed by atoms with Gasteiger partial charge >= 0.3 is 0 Å². The van der Waals surface area contributed by atoms with Crippen LogP contribution in [0, 0.1) is 5.92 Å². The average molecular weight is 292 g/mol. The van der Waals surface area contributed by atoms with Gasteiger partial charge in [-0.05, 0) is 32.6 Å². The molecule has 1 heterocycles. The highest BCUT2D eigenvalue weighted by atomic mass is 16.5. The van der Waals surface area contributed by atoms with Crippen LogP contribution in [-0.2, 0) is 4.74 Å². The zero-order valence-electron chi connectivity index (χ0n) is 13.0. The molecule has 1 aromatic heterocycles.